The van der Waals surface area contributed by atoms with Crippen molar-refractivity contribution in [1.29, 1.82) is 0 Å². The Labute approximate surface area is 88.7 Å². The number of aliphatic hydroxyl groups excluding tert-OH is 1. The number of likely N-dealkylation sites (tertiary alicyclic amines) is 1. The number of carbonyl (C=O) groups excluding carboxylic acids is 1. The Balaban J connectivity index is 2.46. The van der Waals surface area contributed by atoms with Crippen molar-refractivity contribution in [3.63, 3.8) is 0 Å². The zero-order chi connectivity index (χ0) is 11.4. The number of hydrogen-bond donors (Lipinski definition) is 2. The van der Waals surface area contributed by atoms with Crippen LogP contribution in [0.3, 0.4) is 0 Å². The van der Waals surface area contributed by atoms with Crippen LogP contribution in [-0.4, -0.2) is 46.7 Å². The number of carbonyl (C=O) groups is 2. The molecule has 1 rings (SSSR count). The molecule has 0 radical (unpaired) electrons. The lowest BCUT2D eigenvalue weighted by atomic mass is 10.1. The minimum atomic E-state index is -1.08. The van der Waals surface area contributed by atoms with Gasteiger partial charge in [0.25, 0.3) is 0 Å². The van der Waals surface area contributed by atoms with Crippen LogP contribution in [0.15, 0.2) is 0 Å². The van der Waals surface area contributed by atoms with E-state index >= 15 is 0 Å². The van der Waals surface area contributed by atoms with Crippen molar-refractivity contribution < 1.29 is 19.8 Å². The van der Waals surface area contributed by atoms with Crippen molar-refractivity contribution in [1.82, 2.24) is 4.90 Å². The second-order valence-corrected chi connectivity index (χ2v) is 4.01. The van der Waals surface area contributed by atoms with Crippen molar-refractivity contribution in [3.05, 3.63) is 0 Å². The van der Waals surface area contributed by atoms with Gasteiger partial charge in [-0.2, -0.15) is 0 Å². The monoisotopic (exact) mass is 215 g/mol. The first-order chi connectivity index (χ1) is 7.06. The number of aliphatic hydroxyl groups is 1. The third kappa shape index (κ3) is 2.92. The molecule has 86 valence electrons. The van der Waals surface area contributed by atoms with Crippen LogP contribution in [0.4, 0.5) is 0 Å². The molecule has 1 amide bonds. The SMILES string of the molecule is CC(C(=O)O)C(=O)N1CCC(CCO)C1. The predicted molar refractivity (Wildman–Crippen MR) is 53.2 cm³/mol. The van der Waals surface area contributed by atoms with E-state index in [-0.39, 0.29) is 12.5 Å². The molecule has 5 nitrogen and oxygen atoms in total. The van der Waals surface area contributed by atoms with Gasteiger partial charge in [-0.3, -0.25) is 9.59 Å². The van der Waals surface area contributed by atoms with Crippen molar-refractivity contribution in [2.45, 2.75) is 19.8 Å². The van der Waals surface area contributed by atoms with Gasteiger partial charge in [0.15, 0.2) is 0 Å². The van der Waals surface area contributed by atoms with E-state index in [2.05, 4.69) is 0 Å². The van der Waals surface area contributed by atoms with Gasteiger partial charge in [0.1, 0.15) is 5.92 Å². The summed E-state index contributed by atoms with van der Waals surface area (Å²) in [5.74, 6) is -2.04. The van der Waals surface area contributed by atoms with Crippen molar-refractivity contribution in [2.24, 2.45) is 11.8 Å². The van der Waals surface area contributed by atoms with Gasteiger partial charge in [0.2, 0.25) is 5.91 Å². The zero-order valence-corrected chi connectivity index (χ0v) is 8.85. The molecule has 2 N–H and O–H groups in total. The molecule has 0 saturated carbocycles. The Kier molecular flexibility index (Phi) is 4.08. The van der Waals surface area contributed by atoms with Crippen LogP contribution in [0.5, 0.6) is 0 Å². The highest BCUT2D eigenvalue weighted by atomic mass is 16.4. The molecule has 2 unspecified atom stereocenters. The van der Waals surface area contributed by atoms with Gasteiger partial charge in [-0.25, -0.2) is 0 Å². The smallest absolute Gasteiger partial charge is 0.315 e. The van der Waals surface area contributed by atoms with Gasteiger partial charge in [0.05, 0.1) is 0 Å². The van der Waals surface area contributed by atoms with Crippen LogP contribution >= 0.6 is 0 Å². The molecule has 1 heterocycles. The number of hydrogen-bond acceptors (Lipinski definition) is 3. The summed E-state index contributed by atoms with van der Waals surface area (Å²) >= 11 is 0. The number of carboxylic acid groups (broad SMARTS) is 1. The maximum Gasteiger partial charge on any atom is 0.315 e. The molecular formula is C10H17NO4. The Morgan fingerprint density at radius 3 is 2.73 bits per heavy atom. The average molecular weight is 215 g/mol. The van der Waals surface area contributed by atoms with E-state index < -0.39 is 11.9 Å². The second kappa shape index (κ2) is 5.11. The molecule has 5 heteroatoms. The summed E-state index contributed by atoms with van der Waals surface area (Å²) in [4.78, 5) is 23.8. The normalized spacial score (nSPS) is 22.8. The van der Waals surface area contributed by atoms with E-state index in [1.807, 2.05) is 0 Å². The Morgan fingerprint density at radius 2 is 2.20 bits per heavy atom. The topological polar surface area (TPSA) is 77.8 Å². The van der Waals surface area contributed by atoms with Gasteiger partial charge in [-0.1, -0.05) is 0 Å². The molecule has 0 aromatic rings. The molecule has 1 aliphatic rings. The van der Waals surface area contributed by atoms with Crippen LogP contribution in [0, 0.1) is 11.8 Å². The minimum Gasteiger partial charge on any atom is -0.481 e. The highest BCUT2D eigenvalue weighted by molar-refractivity contribution is 5.96. The van der Waals surface area contributed by atoms with Gasteiger partial charge in [-0.15, -0.1) is 0 Å². The van der Waals surface area contributed by atoms with Crippen molar-refractivity contribution >= 4 is 11.9 Å². The lowest BCUT2D eigenvalue weighted by molar-refractivity contribution is -0.149. The van der Waals surface area contributed by atoms with Crippen LogP contribution in [0.1, 0.15) is 19.8 Å². The standard InChI is InChI=1S/C10H17NO4/c1-7(10(14)15)9(13)11-4-2-8(6-11)3-5-12/h7-8,12H,2-6H2,1H3,(H,14,15). The fraction of sp³-hybridized carbons (Fsp3) is 0.800. The van der Waals surface area contributed by atoms with E-state index in [0.717, 1.165) is 6.42 Å². The summed E-state index contributed by atoms with van der Waals surface area (Å²) in [5, 5.41) is 17.4. The van der Waals surface area contributed by atoms with Gasteiger partial charge < -0.3 is 15.1 Å². The summed E-state index contributed by atoms with van der Waals surface area (Å²) in [6, 6.07) is 0. The van der Waals surface area contributed by atoms with Gasteiger partial charge in [-0.05, 0) is 25.7 Å². The summed E-state index contributed by atoms with van der Waals surface area (Å²) in [5.41, 5.74) is 0. The third-order valence-corrected chi connectivity index (χ3v) is 2.88. The maximum absolute atomic E-state index is 11.6. The quantitative estimate of drug-likeness (QED) is 0.644. The highest BCUT2D eigenvalue weighted by Gasteiger charge is 2.31. The Hall–Kier alpha value is -1.10. The van der Waals surface area contributed by atoms with E-state index in [1.165, 1.54) is 6.92 Å². The van der Waals surface area contributed by atoms with Gasteiger partial charge in [0, 0.05) is 19.7 Å². The largest absolute Gasteiger partial charge is 0.481 e. The van der Waals surface area contributed by atoms with Crippen molar-refractivity contribution in [2.75, 3.05) is 19.7 Å². The second-order valence-electron chi connectivity index (χ2n) is 4.01. The summed E-state index contributed by atoms with van der Waals surface area (Å²) in [7, 11) is 0. The van der Waals surface area contributed by atoms with Gasteiger partial charge >= 0.3 is 5.97 Å². The molecule has 1 fully saturated rings. The first kappa shape index (κ1) is 12.0. The van der Waals surface area contributed by atoms with E-state index in [9.17, 15) is 9.59 Å². The van der Waals surface area contributed by atoms with E-state index in [0.29, 0.717) is 25.4 Å². The molecular weight excluding hydrogens is 198 g/mol. The summed E-state index contributed by atoms with van der Waals surface area (Å²) < 4.78 is 0. The van der Waals surface area contributed by atoms with Crippen LogP contribution in [-0.2, 0) is 9.59 Å². The Bertz CT molecular complexity index is 254. The number of amides is 1. The molecule has 0 aliphatic carbocycles. The molecule has 0 aromatic carbocycles. The molecule has 2 atom stereocenters. The molecule has 0 bridgehead atoms. The fourth-order valence-electron chi connectivity index (χ4n) is 1.83. The average Bonchev–Trinajstić information content (AvgIpc) is 2.64. The lowest BCUT2D eigenvalue weighted by Gasteiger charge is -2.18. The maximum atomic E-state index is 11.6. The molecule has 1 aliphatic heterocycles. The third-order valence-electron chi connectivity index (χ3n) is 2.88. The van der Waals surface area contributed by atoms with Crippen LogP contribution < -0.4 is 0 Å². The molecule has 0 aromatic heterocycles. The number of aliphatic carboxylic acids is 1. The van der Waals surface area contributed by atoms with E-state index in [1.54, 1.807) is 4.90 Å². The number of carboxylic acids is 1. The number of nitrogens with zero attached hydrogens (tertiary/aromatic N) is 1. The summed E-state index contributed by atoms with van der Waals surface area (Å²) in [6.45, 7) is 2.73. The predicted octanol–water partition coefficient (Wildman–Crippen LogP) is -0.0620. The summed E-state index contributed by atoms with van der Waals surface area (Å²) in [6.07, 6.45) is 1.55. The van der Waals surface area contributed by atoms with Crippen molar-refractivity contribution in [3.8, 4) is 0 Å². The van der Waals surface area contributed by atoms with E-state index in [4.69, 9.17) is 10.2 Å². The molecule has 0 spiro atoms. The fourth-order valence-corrected chi connectivity index (χ4v) is 1.83. The number of rotatable bonds is 4. The van der Waals surface area contributed by atoms with Crippen LogP contribution in [0.2, 0.25) is 0 Å². The lowest BCUT2D eigenvalue weighted by Crippen LogP contribution is -2.36. The van der Waals surface area contributed by atoms with Crippen LogP contribution in [0.25, 0.3) is 0 Å². The first-order valence-electron chi connectivity index (χ1n) is 5.18. The zero-order valence-electron chi connectivity index (χ0n) is 8.85. The first-order valence-corrected chi connectivity index (χ1v) is 5.18. The molecule has 1 saturated heterocycles. The molecule has 15 heavy (non-hydrogen) atoms. The highest BCUT2D eigenvalue weighted by Crippen LogP contribution is 2.20. The Morgan fingerprint density at radius 1 is 1.53 bits per heavy atom. The minimum absolute atomic E-state index is 0.126.